The van der Waals surface area contributed by atoms with Gasteiger partial charge in [-0.3, -0.25) is 9.48 Å². The van der Waals surface area contributed by atoms with Crippen LogP contribution in [-0.4, -0.2) is 65.9 Å². The Bertz CT molecular complexity index is 1570. The molecule has 0 radical (unpaired) electrons. The van der Waals surface area contributed by atoms with Crippen molar-refractivity contribution in [1.82, 2.24) is 29.4 Å². The predicted molar refractivity (Wildman–Crippen MR) is 140 cm³/mol. The molecule has 10 nitrogen and oxygen atoms in total. The molecule has 3 heterocycles. The number of ether oxygens (including phenoxy) is 1. The first-order valence-corrected chi connectivity index (χ1v) is 13.7. The maximum absolute atomic E-state index is 13.3. The third-order valence-electron chi connectivity index (χ3n) is 6.19. The molecule has 0 aliphatic carbocycles. The monoisotopic (exact) mass is 521 g/mol. The van der Waals surface area contributed by atoms with Crippen molar-refractivity contribution in [2.45, 2.75) is 63.3 Å². The van der Waals surface area contributed by atoms with Crippen molar-refractivity contribution >= 4 is 21.1 Å². The molecular weight excluding hydrogens is 480 g/mol. The van der Waals surface area contributed by atoms with E-state index >= 15 is 0 Å². The number of sulfonamides is 1. The van der Waals surface area contributed by atoms with Gasteiger partial charge < -0.3 is 14.6 Å². The van der Waals surface area contributed by atoms with Crippen LogP contribution in [0, 0.1) is 0 Å². The van der Waals surface area contributed by atoms with Crippen LogP contribution in [0.5, 0.6) is 5.75 Å². The summed E-state index contributed by atoms with van der Waals surface area (Å²) in [5.74, 6) is 0.271. The van der Waals surface area contributed by atoms with E-state index < -0.39 is 41.5 Å². The van der Waals surface area contributed by atoms with Gasteiger partial charge in [-0.2, -0.15) is 5.10 Å². The van der Waals surface area contributed by atoms with Crippen molar-refractivity contribution in [3.8, 4) is 17.1 Å². The smallest absolute Gasteiger partial charge is 0.277 e. The van der Waals surface area contributed by atoms with Crippen LogP contribution in [0.25, 0.3) is 22.4 Å². The van der Waals surface area contributed by atoms with Crippen molar-refractivity contribution in [2.75, 3.05) is 26.7 Å². The van der Waals surface area contributed by atoms with Crippen LogP contribution in [0.4, 0.5) is 0 Å². The standard InChI is InChI=1S/C25H36N6O4S/c1-5-8-20-22-23(31(4)29-20)25(32)28-24(27-22)19-16-18(10-11-21(19)35-15-6-2)36(33,34)26-13-12-17-9-7-14-30(17)3/h10-11,16-17,26H,5-9,12-15H2,1-4H3,(H,27,28,32)/i4D3,12D2. The van der Waals surface area contributed by atoms with Gasteiger partial charge in [0.1, 0.15) is 17.1 Å². The van der Waals surface area contributed by atoms with E-state index in [4.69, 9.17) is 11.6 Å². The Morgan fingerprint density at radius 1 is 1.33 bits per heavy atom. The van der Waals surface area contributed by atoms with Crippen LogP contribution in [0.15, 0.2) is 27.9 Å². The van der Waals surface area contributed by atoms with Gasteiger partial charge in [0.25, 0.3) is 5.56 Å². The first-order valence-electron chi connectivity index (χ1n) is 14.7. The molecular formula is C25H36N6O4S. The van der Waals surface area contributed by atoms with Gasteiger partial charge in [0, 0.05) is 26.4 Å². The van der Waals surface area contributed by atoms with Crippen LogP contribution in [0.1, 0.15) is 58.5 Å². The zero-order valence-electron chi connectivity index (χ0n) is 25.8. The normalized spacial score (nSPS) is 19.5. The minimum absolute atomic E-state index is 0.00370. The molecule has 1 saturated heterocycles. The number of H-pyrrole nitrogens is 1. The van der Waals surface area contributed by atoms with Gasteiger partial charge in [0.2, 0.25) is 10.0 Å². The summed E-state index contributed by atoms with van der Waals surface area (Å²) in [5, 5.41) is 4.16. The highest BCUT2D eigenvalue weighted by molar-refractivity contribution is 7.89. The maximum Gasteiger partial charge on any atom is 0.277 e. The first kappa shape index (κ1) is 20.3. The van der Waals surface area contributed by atoms with E-state index in [0.29, 0.717) is 42.7 Å². The second kappa shape index (κ2) is 11.1. The largest absolute Gasteiger partial charge is 0.493 e. The van der Waals surface area contributed by atoms with Crippen LogP contribution >= 0.6 is 0 Å². The lowest BCUT2D eigenvalue weighted by Crippen LogP contribution is -2.31. The SMILES string of the molecule is [2H]C([2H])(CNS(=O)(=O)c1ccc(OCCC)c(-c2nc3c(CCC)nn(C([2H])([2H])[2H])c3c(=O)[nH]2)c1)C1CCCN1C. The molecule has 4 rings (SSSR count). The Labute approximate surface area is 219 Å². The van der Waals surface area contributed by atoms with E-state index in [1.54, 1.807) is 0 Å². The number of hydrogen-bond donors (Lipinski definition) is 2. The van der Waals surface area contributed by atoms with Crippen LogP contribution < -0.4 is 15.0 Å². The predicted octanol–water partition coefficient (Wildman–Crippen LogP) is 2.83. The molecule has 0 amide bonds. The summed E-state index contributed by atoms with van der Waals surface area (Å²) in [6.45, 7) is 1.75. The van der Waals surface area contributed by atoms with Gasteiger partial charge in [0.05, 0.1) is 22.8 Å². The molecule has 11 heteroatoms. The molecule has 0 saturated carbocycles. The van der Waals surface area contributed by atoms with Gasteiger partial charge in [-0.05, 0) is 63.8 Å². The van der Waals surface area contributed by atoms with E-state index in [0.717, 1.165) is 13.0 Å². The maximum atomic E-state index is 13.3. The minimum atomic E-state index is -4.17. The minimum Gasteiger partial charge on any atom is -0.493 e. The Morgan fingerprint density at radius 3 is 2.86 bits per heavy atom. The second-order valence-corrected chi connectivity index (χ2v) is 10.7. The number of fused-ring (bicyclic) bond motifs is 1. The summed E-state index contributed by atoms with van der Waals surface area (Å²) in [6, 6.07) is 3.71. The highest BCUT2D eigenvalue weighted by Crippen LogP contribution is 2.31. The molecule has 196 valence electrons. The number of rotatable bonds is 11. The van der Waals surface area contributed by atoms with E-state index in [2.05, 4.69) is 19.8 Å². The number of aromatic amines is 1. The molecule has 2 aromatic heterocycles. The lowest BCUT2D eigenvalue weighted by atomic mass is 10.1. The molecule has 1 aliphatic heterocycles. The summed E-state index contributed by atoms with van der Waals surface area (Å²) < 4.78 is 75.9. The molecule has 0 bridgehead atoms. The van der Waals surface area contributed by atoms with Crippen LogP contribution in [-0.2, 0) is 23.4 Å². The summed E-state index contributed by atoms with van der Waals surface area (Å²) in [7, 11) is -2.34. The van der Waals surface area contributed by atoms with Crippen molar-refractivity contribution in [3.63, 3.8) is 0 Å². The number of nitrogens with one attached hydrogen (secondary N) is 2. The van der Waals surface area contributed by atoms with E-state index in [9.17, 15) is 13.2 Å². The number of aryl methyl sites for hydroxylation is 2. The lowest BCUT2D eigenvalue weighted by Gasteiger charge is -2.19. The summed E-state index contributed by atoms with van der Waals surface area (Å²) >= 11 is 0. The molecule has 1 aromatic carbocycles. The fourth-order valence-corrected chi connectivity index (χ4v) is 5.28. The number of likely N-dealkylation sites (tertiary alicyclic amines) is 1. The highest BCUT2D eigenvalue weighted by Gasteiger charge is 2.23. The second-order valence-electron chi connectivity index (χ2n) is 8.89. The number of hydrogen-bond acceptors (Lipinski definition) is 7. The molecule has 1 fully saturated rings. The third kappa shape index (κ3) is 5.47. The van der Waals surface area contributed by atoms with E-state index in [-0.39, 0.29) is 33.1 Å². The topological polar surface area (TPSA) is 122 Å². The van der Waals surface area contributed by atoms with Crippen molar-refractivity contribution < 1.29 is 20.0 Å². The van der Waals surface area contributed by atoms with Gasteiger partial charge >= 0.3 is 0 Å². The summed E-state index contributed by atoms with van der Waals surface area (Å²) in [5.41, 5.74) is -0.298. The zero-order chi connectivity index (χ0) is 30.2. The number of aromatic nitrogens is 4. The van der Waals surface area contributed by atoms with Crippen molar-refractivity contribution in [1.29, 1.82) is 0 Å². The Kier molecular flexibility index (Phi) is 6.26. The Morgan fingerprint density at radius 2 is 2.17 bits per heavy atom. The Hall–Kier alpha value is -2.76. The zero-order valence-corrected chi connectivity index (χ0v) is 21.6. The van der Waals surface area contributed by atoms with Gasteiger partial charge in [-0.1, -0.05) is 20.3 Å². The summed E-state index contributed by atoms with van der Waals surface area (Å²) in [6.07, 6.45) is 1.37. The van der Waals surface area contributed by atoms with Gasteiger partial charge in [-0.25, -0.2) is 18.1 Å². The molecule has 3 aromatic rings. The van der Waals surface area contributed by atoms with Crippen molar-refractivity contribution in [3.05, 3.63) is 34.2 Å². The fraction of sp³-hybridized carbons (Fsp3) is 0.560. The fourth-order valence-electron chi connectivity index (χ4n) is 4.32. The van der Waals surface area contributed by atoms with E-state index in [1.807, 2.05) is 25.8 Å². The molecule has 2 N–H and O–H groups in total. The average Bonchev–Trinajstić information content (AvgIpc) is 3.51. The van der Waals surface area contributed by atoms with Gasteiger partial charge in [-0.15, -0.1) is 0 Å². The lowest BCUT2D eigenvalue weighted by molar-refractivity contribution is 0.297. The van der Waals surface area contributed by atoms with Crippen molar-refractivity contribution in [2.24, 2.45) is 6.98 Å². The molecule has 0 spiro atoms. The number of benzene rings is 1. The van der Waals surface area contributed by atoms with Gasteiger partial charge in [0.15, 0.2) is 5.52 Å². The van der Waals surface area contributed by atoms with Crippen LogP contribution in [0.2, 0.25) is 0 Å². The number of nitrogens with zero attached hydrogens (tertiary/aromatic N) is 4. The summed E-state index contributed by atoms with van der Waals surface area (Å²) in [4.78, 5) is 22.1. The average molecular weight is 522 g/mol. The quantitative estimate of drug-likeness (QED) is 0.398. The Balaban J connectivity index is 1.78. The molecule has 1 aliphatic rings. The third-order valence-corrected chi connectivity index (χ3v) is 7.58. The molecule has 36 heavy (non-hydrogen) atoms. The molecule has 1 unspecified atom stereocenters. The molecule has 1 atom stereocenters. The highest BCUT2D eigenvalue weighted by atomic mass is 32.2. The first-order chi connectivity index (χ1) is 19.2. The van der Waals surface area contributed by atoms with E-state index in [1.165, 1.54) is 18.2 Å². The van der Waals surface area contributed by atoms with Crippen LogP contribution in [0.3, 0.4) is 0 Å².